The summed E-state index contributed by atoms with van der Waals surface area (Å²) in [5.74, 6) is 3.12. The van der Waals surface area contributed by atoms with Gasteiger partial charge in [-0.1, -0.05) is 19.8 Å². The molecule has 0 aromatic heterocycles. The molecule has 0 unspecified atom stereocenters. The van der Waals surface area contributed by atoms with E-state index in [-0.39, 0.29) is 5.92 Å². The van der Waals surface area contributed by atoms with E-state index in [1.54, 1.807) is 13.8 Å². The first-order valence-electron chi connectivity index (χ1n) is 5.83. The van der Waals surface area contributed by atoms with Crippen LogP contribution in [0.15, 0.2) is 17.9 Å². The summed E-state index contributed by atoms with van der Waals surface area (Å²) in [6.45, 7) is 4.42. The standard InChI is InChI=1S/C14H17F3O3/c1-5-6-10-20-13(12(18)19-4,14(15,16)17)9-7-8-11(2)3/h8-9,11H,10H2,1-4H3/t7?,13-/m1/s1. The summed E-state index contributed by atoms with van der Waals surface area (Å²) in [6.07, 6.45) is -3.07. The maximum absolute atomic E-state index is 13.2. The fourth-order valence-corrected chi connectivity index (χ4v) is 1.17. The van der Waals surface area contributed by atoms with Gasteiger partial charge in [0.25, 0.3) is 5.60 Å². The molecule has 0 aliphatic heterocycles. The molecule has 0 heterocycles. The van der Waals surface area contributed by atoms with Gasteiger partial charge in [0.05, 0.1) is 7.11 Å². The van der Waals surface area contributed by atoms with Crippen LogP contribution in [0.5, 0.6) is 0 Å². The molecule has 0 aliphatic carbocycles. The number of alkyl halides is 3. The number of methoxy groups -OCH3 is 1. The molecule has 6 heteroatoms. The van der Waals surface area contributed by atoms with Gasteiger partial charge < -0.3 is 9.47 Å². The Bertz CT molecular complexity index is 449. The normalized spacial score (nSPS) is 13.6. The van der Waals surface area contributed by atoms with Crippen LogP contribution in [0.3, 0.4) is 0 Å². The highest BCUT2D eigenvalue weighted by atomic mass is 19.4. The van der Waals surface area contributed by atoms with Gasteiger partial charge in [0.2, 0.25) is 0 Å². The third-order valence-electron chi connectivity index (χ3n) is 2.17. The quantitative estimate of drug-likeness (QED) is 0.444. The molecule has 1 atom stereocenters. The molecule has 0 spiro atoms. The van der Waals surface area contributed by atoms with E-state index in [9.17, 15) is 18.0 Å². The molecule has 20 heavy (non-hydrogen) atoms. The molecule has 0 fully saturated rings. The summed E-state index contributed by atoms with van der Waals surface area (Å²) >= 11 is 0. The summed E-state index contributed by atoms with van der Waals surface area (Å²) < 4.78 is 48.5. The van der Waals surface area contributed by atoms with Crippen LogP contribution in [-0.4, -0.2) is 31.5 Å². The molecule has 3 nitrogen and oxygen atoms in total. The van der Waals surface area contributed by atoms with Crippen LogP contribution < -0.4 is 0 Å². The van der Waals surface area contributed by atoms with Crippen LogP contribution >= 0.6 is 0 Å². The first kappa shape index (κ1) is 18.3. The Hall–Kier alpha value is -1.70. The van der Waals surface area contributed by atoms with Crippen molar-refractivity contribution >= 4 is 5.97 Å². The largest absolute Gasteiger partial charge is 0.466 e. The Kier molecular flexibility index (Phi) is 7.12. The van der Waals surface area contributed by atoms with Crippen molar-refractivity contribution in [2.45, 2.75) is 32.5 Å². The summed E-state index contributed by atoms with van der Waals surface area (Å²) in [4.78, 5) is 11.5. The molecule has 0 amide bonds. The number of carbonyl (C=O) groups excluding carboxylic acids is 1. The highest BCUT2D eigenvalue weighted by Crippen LogP contribution is 2.36. The average Bonchev–Trinajstić information content (AvgIpc) is 2.34. The Morgan fingerprint density at radius 2 is 1.95 bits per heavy atom. The van der Waals surface area contributed by atoms with Crippen molar-refractivity contribution in [2.75, 3.05) is 13.7 Å². The average molecular weight is 290 g/mol. The number of halogens is 3. The maximum Gasteiger partial charge on any atom is 0.432 e. The minimum atomic E-state index is -4.98. The number of ether oxygens (including phenoxy) is 2. The van der Waals surface area contributed by atoms with Crippen molar-refractivity contribution in [1.29, 1.82) is 0 Å². The summed E-state index contributed by atoms with van der Waals surface area (Å²) in [6, 6.07) is 0. The van der Waals surface area contributed by atoms with E-state index in [1.165, 1.54) is 13.0 Å². The number of esters is 1. The van der Waals surface area contributed by atoms with E-state index < -0.39 is 24.4 Å². The summed E-state index contributed by atoms with van der Waals surface area (Å²) in [5.41, 5.74) is -0.867. The van der Waals surface area contributed by atoms with E-state index >= 15 is 0 Å². The van der Waals surface area contributed by atoms with E-state index in [1.807, 2.05) is 0 Å². The Morgan fingerprint density at radius 1 is 1.35 bits per heavy atom. The van der Waals surface area contributed by atoms with E-state index in [4.69, 9.17) is 0 Å². The second-order valence-corrected chi connectivity index (χ2v) is 4.16. The maximum atomic E-state index is 13.2. The zero-order valence-corrected chi connectivity index (χ0v) is 11.8. The van der Waals surface area contributed by atoms with Crippen LogP contribution in [0.1, 0.15) is 20.8 Å². The zero-order valence-electron chi connectivity index (χ0n) is 11.8. The molecule has 0 N–H and O–H groups in total. The third-order valence-corrected chi connectivity index (χ3v) is 2.17. The van der Waals surface area contributed by atoms with Crippen LogP contribution in [-0.2, 0) is 14.3 Å². The molecule has 0 saturated carbocycles. The monoisotopic (exact) mass is 290 g/mol. The first-order chi connectivity index (χ1) is 9.21. The SMILES string of the molecule is CC#CCO[C@](C=C=CC(C)C)(C(=O)OC)C(F)(F)F. The summed E-state index contributed by atoms with van der Waals surface area (Å²) in [5, 5.41) is 0. The Labute approximate surface area is 116 Å². The van der Waals surface area contributed by atoms with E-state index in [2.05, 4.69) is 27.0 Å². The van der Waals surface area contributed by atoms with Crippen molar-refractivity contribution in [3.63, 3.8) is 0 Å². The second-order valence-electron chi connectivity index (χ2n) is 4.16. The molecule has 0 aromatic rings. The van der Waals surface area contributed by atoms with E-state index in [0.29, 0.717) is 6.08 Å². The summed E-state index contributed by atoms with van der Waals surface area (Å²) in [7, 11) is 0.859. The predicted molar refractivity (Wildman–Crippen MR) is 67.7 cm³/mol. The number of rotatable bonds is 5. The lowest BCUT2D eigenvalue weighted by Crippen LogP contribution is -2.53. The van der Waals surface area contributed by atoms with E-state index in [0.717, 1.165) is 7.11 Å². The lowest BCUT2D eigenvalue weighted by atomic mass is 10.0. The van der Waals surface area contributed by atoms with Crippen molar-refractivity contribution in [2.24, 2.45) is 5.92 Å². The molecule has 0 rings (SSSR count). The molecular formula is C14H17F3O3. The van der Waals surface area contributed by atoms with Crippen molar-refractivity contribution < 1.29 is 27.4 Å². The van der Waals surface area contributed by atoms with Crippen molar-refractivity contribution in [1.82, 2.24) is 0 Å². The number of hydrogen-bond donors (Lipinski definition) is 0. The topological polar surface area (TPSA) is 35.5 Å². The van der Waals surface area contributed by atoms with Gasteiger partial charge in [0.1, 0.15) is 6.61 Å². The van der Waals surface area contributed by atoms with Crippen LogP contribution in [0.25, 0.3) is 0 Å². The molecule has 0 aliphatic rings. The zero-order chi connectivity index (χ0) is 15.8. The molecule has 0 radical (unpaired) electrons. The van der Waals surface area contributed by atoms with Crippen molar-refractivity contribution in [3.05, 3.63) is 17.9 Å². The second kappa shape index (κ2) is 7.78. The Morgan fingerprint density at radius 3 is 2.35 bits per heavy atom. The first-order valence-corrected chi connectivity index (χ1v) is 5.83. The van der Waals surface area contributed by atoms with Gasteiger partial charge in [-0.25, -0.2) is 4.79 Å². The Balaban J connectivity index is 5.71. The highest BCUT2D eigenvalue weighted by molar-refractivity contribution is 5.83. The van der Waals surface area contributed by atoms with Gasteiger partial charge in [-0.05, 0) is 18.9 Å². The van der Waals surface area contributed by atoms with Crippen LogP contribution in [0.2, 0.25) is 0 Å². The third kappa shape index (κ3) is 4.76. The highest BCUT2D eigenvalue weighted by Gasteiger charge is 2.61. The molecule has 112 valence electrons. The number of carbonyl (C=O) groups is 1. The van der Waals surface area contributed by atoms with Crippen LogP contribution in [0.4, 0.5) is 13.2 Å². The van der Waals surface area contributed by atoms with Gasteiger partial charge >= 0.3 is 12.1 Å². The van der Waals surface area contributed by atoms with Crippen molar-refractivity contribution in [3.8, 4) is 11.8 Å². The molecule has 0 bridgehead atoms. The molecular weight excluding hydrogens is 273 g/mol. The number of hydrogen-bond acceptors (Lipinski definition) is 3. The van der Waals surface area contributed by atoms with Gasteiger partial charge in [0, 0.05) is 6.08 Å². The predicted octanol–water partition coefficient (Wildman–Crippen LogP) is 2.87. The van der Waals surface area contributed by atoms with Gasteiger partial charge in [-0.3, -0.25) is 0 Å². The fraction of sp³-hybridized carbons (Fsp3) is 0.571. The minimum Gasteiger partial charge on any atom is -0.466 e. The van der Waals surface area contributed by atoms with Gasteiger partial charge in [-0.15, -0.1) is 11.7 Å². The fourth-order valence-electron chi connectivity index (χ4n) is 1.17. The van der Waals surface area contributed by atoms with Gasteiger partial charge in [0.15, 0.2) is 0 Å². The molecule has 0 aromatic carbocycles. The van der Waals surface area contributed by atoms with Crippen LogP contribution in [0, 0.1) is 17.8 Å². The molecule has 0 saturated heterocycles. The lowest BCUT2D eigenvalue weighted by molar-refractivity contribution is -0.256. The lowest BCUT2D eigenvalue weighted by Gasteiger charge is -2.28. The smallest absolute Gasteiger partial charge is 0.432 e. The van der Waals surface area contributed by atoms with Gasteiger partial charge in [-0.2, -0.15) is 13.2 Å². The minimum absolute atomic E-state index is 0.0229.